The summed E-state index contributed by atoms with van der Waals surface area (Å²) in [6.07, 6.45) is 2.15. The van der Waals surface area contributed by atoms with Crippen LogP contribution in [-0.2, 0) is 4.79 Å². The Labute approximate surface area is 65.9 Å². The van der Waals surface area contributed by atoms with Gasteiger partial charge in [-0.3, -0.25) is 4.79 Å². The van der Waals surface area contributed by atoms with E-state index in [1.54, 1.807) is 6.92 Å². The maximum Gasteiger partial charge on any atom is 0.137 e. The lowest BCUT2D eigenvalue weighted by Crippen LogP contribution is -2.18. The Morgan fingerprint density at radius 3 is 2.90 bits per heavy atom. The molecule has 0 N–H and O–H groups in total. The molecule has 1 rings (SSSR count). The van der Waals surface area contributed by atoms with Gasteiger partial charge in [-0.15, -0.1) is 0 Å². The second-order valence-electron chi connectivity index (χ2n) is 2.65. The fraction of sp³-hybridized carbons (Fsp3) is 0.625. The van der Waals surface area contributed by atoms with Crippen LogP contribution in [0.4, 0.5) is 0 Å². The second-order valence-corrected chi connectivity index (χ2v) is 3.72. The third-order valence-corrected chi connectivity index (χ3v) is 2.82. The molecule has 0 radical (unpaired) electrons. The van der Waals surface area contributed by atoms with Crippen molar-refractivity contribution in [3.05, 3.63) is 11.6 Å². The number of thioether (sulfide) groups is 1. The maximum atomic E-state index is 11.0. The van der Waals surface area contributed by atoms with Crippen LogP contribution in [0.5, 0.6) is 0 Å². The molecule has 2 heteroatoms. The van der Waals surface area contributed by atoms with Crippen LogP contribution in [0.25, 0.3) is 0 Å². The quantitative estimate of drug-likeness (QED) is 0.539. The van der Waals surface area contributed by atoms with Gasteiger partial charge in [0.2, 0.25) is 0 Å². The van der Waals surface area contributed by atoms with Crippen molar-refractivity contribution < 1.29 is 4.79 Å². The Morgan fingerprint density at radius 2 is 2.50 bits per heavy atom. The van der Waals surface area contributed by atoms with E-state index >= 15 is 0 Å². The topological polar surface area (TPSA) is 17.1 Å². The summed E-state index contributed by atoms with van der Waals surface area (Å²) in [5.41, 5.74) is 1.26. The monoisotopic (exact) mass is 156 g/mol. The molecule has 1 aliphatic rings. The van der Waals surface area contributed by atoms with E-state index in [0.717, 1.165) is 11.5 Å². The third kappa shape index (κ3) is 1.63. The summed E-state index contributed by atoms with van der Waals surface area (Å²) in [4.78, 5) is 11.0. The molecule has 10 heavy (non-hydrogen) atoms. The number of carbonyl (C=O) groups is 1. The van der Waals surface area contributed by atoms with Gasteiger partial charge in [0.05, 0.1) is 0 Å². The molecule has 56 valence electrons. The van der Waals surface area contributed by atoms with E-state index in [2.05, 4.69) is 6.08 Å². The number of ketones is 1. The van der Waals surface area contributed by atoms with E-state index < -0.39 is 0 Å². The normalized spacial score (nSPS) is 25.8. The molecule has 0 aromatic carbocycles. The molecule has 1 heterocycles. The van der Waals surface area contributed by atoms with Gasteiger partial charge >= 0.3 is 0 Å². The third-order valence-electron chi connectivity index (χ3n) is 1.85. The molecule has 0 saturated heterocycles. The van der Waals surface area contributed by atoms with Crippen molar-refractivity contribution in [2.75, 3.05) is 11.5 Å². The molecule has 0 aromatic heterocycles. The largest absolute Gasteiger partial charge is 0.299 e. The summed E-state index contributed by atoms with van der Waals surface area (Å²) < 4.78 is 0. The molecular formula is C8H12OS. The van der Waals surface area contributed by atoms with Crippen molar-refractivity contribution in [1.29, 1.82) is 0 Å². The van der Waals surface area contributed by atoms with Crippen LogP contribution >= 0.6 is 11.8 Å². The molecule has 0 spiro atoms. The molecule has 1 aliphatic heterocycles. The van der Waals surface area contributed by atoms with Crippen molar-refractivity contribution in [2.45, 2.75) is 13.8 Å². The predicted octanol–water partition coefficient (Wildman–Crippen LogP) is 1.88. The van der Waals surface area contributed by atoms with Gasteiger partial charge < -0.3 is 0 Å². The Kier molecular flexibility index (Phi) is 2.55. The number of allylic oxidation sites excluding steroid dienone is 1. The van der Waals surface area contributed by atoms with Gasteiger partial charge in [0, 0.05) is 17.4 Å². The highest BCUT2D eigenvalue weighted by molar-refractivity contribution is 7.99. The average molecular weight is 156 g/mol. The lowest BCUT2D eigenvalue weighted by atomic mass is 9.98. The molecule has 0 fully saturated rings. The molecule has 1 atom stereocenters. The van der Waals surface area contributed by atoms with Crippen LogP contribution in [0.1, 0.15) is 13.8 Å². The van der Waals surface area contributed by atoms with E-state index in [1.165, 1.54) is 5.57 Å². The Balaban J connectivity index is 2.67. The standard InChI is InChI=1S/C8H12OS/c1-6-3-4-10-5-8(6)7(2)9/h3,8H,4-5H2,1-2H3. The zero-order valence-electron chi connectivity index (χ0n) is 6.39. The number of hydrogen-bond donors (Lipinski definition) is 0. The molecule has 0 aromatic rings. The zero-order chi connectivity index (χ0) is 7.56. The molecule has 0 aliphatic carbocycles. The predicted molar refractivity (Wildman–Crippen MR) is 45.3 cm³/mol. The van der Waals surface area contributed by atoms with Crippen LogP contribution < -0.4 is 0 Å². The first kappa shape index (κ1) is 7.86. The summed E-state index contributed by atoms with van der Waals surface area (Å²) >= 11 is 1.84. The maximum absolute atomic E-state index is 11.0. The molecule has 0 amide bonds. The van der Waals surface area contributed by atoms with Crippen molar-refractivity contribution in [3.63, 3.8) is 0 Å². The summed E-state index contributed by atoms with van der Waals surface area (Å²) in [6, 6.07) is 0. The molecule has 0 bridgehead atoms. The molecule has 1 nitrogen and oxygen atoms in total. The van der Waals surface area contributed by atoms with Crippen molar-refractivity contribution in [2.24, 2.45) is 5.92 Å². The van der Waals surface area contributed by atoms with Gasteiger partial charge in [0.25, 0.3) is 0 Å². The first-order valence-electron chi connectivity index (χ1n) is 3.46. The number of carbonyl (C=O) groups excluding carboxylic acids is 1. The molecular weight excluding hydrogens is 144 g/mol. The van der Waals surface area contributed by atoms with Gasteiger partial charge in [0.1, 0.15) is 5.78 Å². The van der Waals surface area contributed by atoms with Gasteiger partial charge in [-0.2, -0.15) is 11.8 Å². The minimum absolute atomic E-state index is 0.207. The summed E-state index contributed by atoms with van der Waals surface area (Å²) in [5.74, 6) is 2.58. The van der Waals surface area contributed by atoms with E-state index in [4.69, 9.17) is 0 Å². The second kappa shape index (κ2) is 3.24. The van der Waals surface area contributed by atoms with Crippen molar-refractivity contribution in [3.8, 4) is 0 Å². The average Bonchev–Trinajstić information content (AvgIpc) is 1.88. The van der Waals surface area contributed by atoms with Gasteiger partial charge in [0.15, 0.2) is 0 Å². The highest BCUT2D eigenvalue weighted by atomic mass is 32.2. The fourth-order valence-corrected chi connectivity index (χ4v) is 2.34. The first-order chi connectivity index (χ1) is 4.72. The Morgan fingerprint density at radius 1 is 1.80 bits per heavy atom. The highest BCUT2D eigenvalue weighted by Gasteiger charge is 2.18. The van der Waals surface area contributed by atoms with E-state index in [-0.39, 0.29) is 5.92 Å². The Hall–Kier alpha value is -0.240. The van der Waals surface area contributed by atoms with Gasteiger partial charge in [-0.05, 0) is 13.8 Å². The summed E-state index contributed by atoms with van der Waals surface area (Å²) in [6.45, 7) is 3.72. The van der Waals surface area contributed by atoms with E-state index in [0.29, 0.717) is 5.78 Å². The minimum Gasteiger partial charge on any atom is -0.299 e. The van der Waals surface area contributed by atoms with E-state index in [9.17, 15) is 4.79 Å². The summed E-state index contributed by atoms with van der Waals surface area (Å²) in [5, 5.41) is 0. The minimum atomic E-state index is 0.207. The SMILES string of the molecule is CC(=O)C1CSCC=C1C. The number of hydrogen-bond acceptors (Lipinski definition) is 2. The van der Waals surface area contributed by atoms with Crippen molar-refractivity contribution >= 4 is 17.5 Å². The van der Waals surface area contributed by atoms with E-state index in [1.807, 2.05) is 18.7 Å². The lowest BCUT2D eigenvalue weighted by molar-refractivity contribution is -0.119. The molecule has 0 saturated carbocycles. The first-order valence-corrected chi connectivity index (χ1v) is 4.62. The zero-order valence-corrected chi connectivity index (χ0v) is 7.20. The fourth-order valence-electron chi connectivity index (χ4n) is 1.09. The smallest absolute Gasteiger partial charge is 0.137 e. The Bertz CT molecular complexity index is 172. The summed E-state index contributed by atoms with van der Waals surface area (Å²) in [7, 11) is 0. The molecule has 1 unspecified atom stereocenters. The van der Waals surface area contributed by atoms with Crippen LogP contribution in [0.3, 0.4) is 0 Å². The van der Waals surface area contributed by atoms with Gasteiger partial charge in [-0.25, -0.2) is 0 Å². The van der Waals surface area contributed by atoms with Crippen LogP contribution in [-0.4, -0.2) is 17.3 Å². The van der Waals surface area contributed by atoms with Crippen molar-refractivity contribution in [1.82, 2.24) is 0 Å². The number of rotatable bonds is 1. The van der Waals surface area contributed by atoms with Crippen LogP contribution in [0, 0.1) is 5.92 Å². The van der Waals surface area contributed by atoms with Crippen LogP contribution in [0.2, 0.25) is 0 Å². The number of Topliss-reactive ketones (excluding diaryl/α,β-unsaturated/α-hetero) is 1. The lowest BCUT2D eigenvalue weighted by Gasteiger charge is -2.17. The highest BCUT2D eigenvalue weighted by Crippen LogP contribution is 2.23. The van der Waals surface area contributed by atoms with Gasteiger partial charge in [-0.1, -0.05) is 11.6 Å². The van der Waals surface area contributed by atoms with Crippen LogP contribution in [0.15, 0.2) is 11.6 Å².